The molecule has 46 heavy (non-hydrogen) atoms. The van der Waals surface area contributed by atoms with Crippen molar-refractivity contribution < 1.29 is 19.1 Å². The van der Waals surface area contributed by atoms with Crippen LogP contribution in [0, 0.1) is 11.3 Å². The van der Waals surface area contributed by atoms with E-state index in [0.717, 1.165) is 11.1 Å². The molecule has 3 aromatic rings. The minimum absolute atomic E-state index is 0.0957. The van der Waals surface area contributed by atoms with E-state index in [1.165, 1.54) is 11.1 Å². The summed E-state index contributed by atoms with van der Waals surface area (Å²) in [6, 6.07) is 25.1. The van der Waals surface area contributed by atoms with Crippen LogP contribution >= 0.6 is 0 Å². The largest absolute Gasteiger partial charge is 0.444 e. The molecule has 10 heteroatoms. The zero-order chi connectivity index (χ0) is 33.4. The highest BCUT2D eigenvalue weighted by molar-refractivity contribution is 5.90. The Balaban J connectivity index is 1.55. The van der Waals surface area contributed by atoms with E-state index in [2.05, 4.69) is 23.5 Å². The number of nitrogens with zero attached hydrogens (tertiary/aromatic N) is 5. The Morgan fingerprint density at radius 2 is 1.59 bits per heavy atom. The molecular formula is C36H44N6O4. The van der Waals surface area contributed by atoms with Crippen molar-refractivity contribution in [3.05, 3.63) is 89.5 Å². The van der Waals surface area contributed by atoms with Gasteiger partial charge in [-0.25, -0.2) is 9.80 Å². The van der Waals surface area contributed by atoms with Crippen LogP contribution in [0.5, 0.6) is 0 Å². The Kier molecular flexibility index (Phi) is 11.0. The van der Waals surface area contributed by atoms with Gasteiger partial charge in [0.25, 0.3) is 5.91 Å². The maximum Gasteiger partial charge on any atom is 0.410 e. The Hall–Kier alpha value is -4.88. The summed E-state index contributed by atoms with van der Waals surface area (Å²) in [5, 5.41) is 16.2. The number of carbonyl (C=O) groups is 3. The number of hydrazine groups is 1. The van der Waals surface area contributed by atoms with Crippen molar-refractivity contribution in [2.24, 2.45) is 0 Å². The summed E-state index contributed by atoms with van der Waals surface area (Å²) in [7, 11) is 1.74. The van der Waals surface area contributed by atoms with E-state index < -0.39 is 11.7 Å². The summed E-state index contributed by atoms with van der Waals surface area (Å²) in [6.45, 7) is 10.7. The van der Waals surface area contributed by atoms with Gasteiger partial charge >= 0.3 is 6.09 Å². The summed E-state index contributed by atoms with van der Waals surface area (Å²) < 4.78 is 5.54. The van der Waals surface area contributed by atoms with E-state index >= 15 is 0 Å². The van der Waals surface area contributed by atoms with E-state index in [4.69, 9.17) is 4.74 Å². The number of amides is 3. The Labute approximate surface area is 272 Å². The molecule has 0 saturated heterocycles. The van der Waals surface area contributed by atoms with Crippen LogP contribution in [0.25, 0.3) is 11.1 Å². The summed E-state index contributed by atoms with van der Waals surface area (Å²) in [4.78, 5) is 43.3. The molecule has 10 nitrogen and oxygen atoms in total. The number of benzene rings is 3. The van der Waals surface area contributed by atoms with Gasteiger partial charge in [0.05, 0.1) is 24.7 Å². The molecule has 3 amide bonds. The number of nitrogens with one attached hydrogen (secondary N) is 1. The molecular weight excluding hydrogens is 580 g/mol. The zero-order valence-electron chi connectivity index (χ0n) is 27.6. The Bertz CT molecular complexity index is 1550. The first kappa shape index (κ1) is 34.0. The number of hydrogen-bond acceptors (Lipinski definition) is 7. The average Bonchev–Trinajstić information content (AvgIpc) is 3.46. The second kappa shape index (κ2) is 14.9. The van der Waals surface area contributed by atoms with Gasteiger partial charge in [0, 0.05) is 50.5 Å². The highest BCUT2D eigenvalue weighted by Gasteiger charge is 2.28. The van der Waals surface area contributed by atoms with Crippen molar-refractivity contribution in [2.75, 3.05) is 38.1 Å². The van der Waals surface area contributed by atoms with Crippen LogP contribution < -0.4 is 10.2 Å². The second-order valence-corrected chi connectivity index (χ2v) is 12.7. The van der Waals surface area contributed by atoms with Crippen LogP contribution in [-0.4, -0.2) is 77.7 Å². The molecule has 4 rings (SSSR count). The van der Waals surface area contributed by atoms with Crippen molar-refractivity contribution in [2.45, 2.75) is 59.4 Å². The van der Waals surface area contributed by atoms with Gasteiger partial charge in [-0.05, 0) is 63.4 Å². The van der Waals surface area contributed by atoms with E-state index in [1.54, 1.807) is 34.0 Å². The van der Waals surface area contributed by atoms with E-state index in [9.17, 15) is 19.6 Å². The molecule has 1 aliphatic rings. The standard InChI is InChI=1S/C36H44N6O4/c1-26(2)42(35(45)46-36(3,4)5)19-18-38-33(43)24-40(25-34(44)39(6)41-22-29-14-10-11-15-30(29)23-41)32-20-27(21-37)16-17-31(32)28-12-8-7-9-13-28/h7-17,20,26H,18-19,22-25H2,1-6H3,(H,38,43). The first-order valence-electron chi connectivity index (χ1n) is 15.6. The third-order valence-corrected chi connectivity index (χ3v) is 7.75. The number of likely N-dealkylation sites (N-methyl/N-ethyl adjacent to an activating group) is 1. The van der Waals surface area contributed by atoms with Crippen LogP contribution in [0.15, 0.2) is 72.8 Å². The van der Waals surface area contributed by atoms with Crippen LogP contribution in [0.3, 0.4) is 0 Å². The monoisotopic (exact) mass is 624 g/mol. The quantitative estimate of drug-likeness (QED) is 0.313. The predicted molar refractivity (Wildman–Crippen MR) is 178 cm³/mol. The minimum atomic E-state index is -0.639. The maximum atomic E-state index is 13.8. The lowest BCUT2D eigenvalue weighted by Gasteiger charge is -2.32. The van der Waals surface area contributed by atoms with Gasteiger partial charge in [-0.2, -0.15) is 5.26 Å². The fourth-order valence-electron chi connectivity index (χ4n) is 5.33. The van der Waals surface area contributed by atoms with Crippen molar-refractivity contribution in [3.63, 3.8) is 0 Å². The van der Waals surface area contributed by atoms with Crippen molar-refractivity contribution >= 4 is 23.6 Å². The highest BCUT2D eigenvalue weighted by atomic mass is 16.6. The highest BCUT2D eigenvalue weighted by Crippen LogP contribution is 2.32. The molecule has 0 bridgehead atoms. The number of nitriles is 1. The van der Waals surface area contributed by atoms with Crippen molar-refractivity contribution in [1.29, 1.82) is 5.26 Å². The molecule has 0 radical (unpaired) electrons. The second-order valence-electron chi connectivity index (χ2n) is 12.7. The first-order chi connectivity index (χ1) is 21.9. The SMILES string of the molecule is CC(C)N(CCNC(=O)CN(CC(=O)N(C)N1Cc2ccccc2C1)c1cc(C#N)ccc1-c1ccccc1)C(=O)OC(C)(C)C. The van der Waals surface area contributed by atoms with Gasteiger partial charge in [0.1, 0.15) is 5.60 Å². The molecule has 0 saturated carbocycles. The Morgan fingerprint density at radius 1 is 0.957 bits per heavy atom. The summed E-state index contributed by atoms with van der Waals surface area (Å²) >= 11 is 0. The van der Waals surface area contributed by atoms with E-state index in [1.807, 2.05) is 88.2 Å². The normalized spacial score (nSPS) is 12.7. The molecule has 0 aromatic heterocycles. The minimum Gasteiger partial charge on any atom is -0.444 e. The first-order valence-corrected chi connectivity index (χ1v) is 15.6. The van der Waals surface area contributed by atoms with E-state index in [0.29, 0.717) is 24.3 Å². The number of anilines is 1. The lowest BCUT2D eigenvalue weighted by atomic mass is 10.0. The molecule has 1 heterocycles. The van der Waals surface area contributed by atoms with Crippen LogP contribution in [0.4, 0.5) is 10.5 Å². The van der Waals surface area contributed by atoms with Crippen molar-refractivity contribution in [3.8, 4) is 17.2 Å². The third kappa shape index (κ3) is 8.86. The number of rotatable bonds is 11. The third-order valence-electron chi connectivity index (χ3n) is 7.75. The molecule has 0 spiro atoms. The van der Waals surface area contributed by atoms with E-state index in [-0.39, 0.29) is 44.0 Å². The molecule has 0 unspecified atom stereocenters. The van der Waals surface area contributed by atoms with Gasteiger partial charge in [-0.1, -0.05) is 60.7 Å². The number of fused-ring (bicyclic) bond motifs is 1. The molecule has 0 aliphatic carbocycles. The number of ether oxygens (including phenoxy) is 1. The zero-order valence-corrected chi connectivity index (χ0v) is 27.6. The lowest BCUT2D eigenvalue weighted by molar-refractivity contribution is -0.145. The molecule has 0 atom stereocenters. The summed E-state index contributed by atoms with van der Waals surface area (Å²) in [5.41, 5.74) is 4.42. The fourth-order valence-corrected chi connectivity index (χ4v) is 5.33. The van der Waals surface area contributed by atoms with Gasteiger partial charge in [-0.15, -0.1) is 0 Å². The number of carbonyl (C=O) groups excluding carboxylic acids is 3. The van der Waals surface area contributed by atoms with Gasteiger partial charge in [-0.3, -0.25) is 14.6 Å². The van der Waals surface area contributed by atoms with Gasteiger partial charge in [0.15, 0.2) is 0 Å². The van der Waals surface area contributed by atoms with Gasteiger partial charge < -0.3 is 19.9 Å². The smallest absolute Gasteiger partial charge is 0.410 e. The maximum absolute atomic E-state index is 13.8. The van der Waals surface area contributed by atoms with Gasteiger partial charge in [0.2, 0.25) is 5.91 Å². The van der Waals surface area contributed by atoms with Crippen LogP contribution in [0.1, 0.15) is 51.3 Å². The summed E-state index contributed by atoms with van der Waals surface area (Å²) in [6.07, 6.45) is -0.447. The van der Waals surface area contributed by atoms with Crippen LogP contribution in [-0.2, 0) is 27.4 Å². The molecule has 242 valence electrons. The number of hydrogen-bond donors (Lipinski definition) is 1. The van der Waals surface area contributed by atoms with Crippen LogP contribution in [0.2, 0.25) is 0 Å². The molecule has 1 N–H and O–H groups in total. The fraction of sp³-hybridized carbons (Fsp3) is 0.389. The average molecular weight is 625 g/mol. The predicted octanol–water partition coefficient (Wildman–Crippen LogP) is 5.18. The molecule has 1 aliphatic heterocycles. The topological polar surface area (TPSA) is 109 Å². The Morgan fingerprint density at radius 3 is 2.17 bits per heavy atom. The lowest BCUT2D eigenvalue weighted by Crippen LogP contribution is -2.49. The molecule has 3 aromatic carbocycles. The van der Waals surface area contributed by atoms with Crippen molar-refractivity contribution in [1.82, 2.24) is 20.2 Å². The summed E-state index contributed by atoms with van der Waals surface area (Å²) in [5.74, 6) is -0.517. The molecule has 0 fully saturated rings.